The number of benzene rings is 1. The number of nitrogens with zero attached hydrogens (tertiary/aromatic N) is 2. The molecule has 0 atom stereocenters. The Labute approximate surface area is 158 Å². The molecule has 0 unspecified atom stereocenters. The fourth-order valence-electron chi connectivity index (χ4n) is 2.64. The number of aromatic nitrogens is 3. The molecule has 3 aromatic heterocycles. The van der Waals surface area contributed by atoms with Crippen LogP contribution in [-0.4, -0.2) is 15.0 Å². The average Bonchev–Trinajstić information content (AvgIpc) is 3.18. The number of anilines is 1. The van der Waals surface area contributed by atoms with E-state index in [1.54, 1.807) is 17.5 Å². The van der Waals surface area contributed by atoms with Crippen LogP contribution in [0.5, 0.6) is 0 Å². The highest BCUT2D eigenvalue weighted by Gasteiger charge is 2.13. The van der Waals surface area contributed by atoms with Crippen LogP contribution in [0.1, 0.15) is 16.0 Å². The van der Waals surface area contributed by atoms with Crippen molar-refractivity contribution in [1.29, 1.82) is 0 Å². The summed E-state index contributed by atoms with van der Waals surface area (Å²) in [5, 5.41) is 6.31. The standard InChI is InChI=1S/C18H14Cl2N4S/c19-13-7-14-12(9-21-17(14)22-10-13)6-15-16(20)24-18(25-15)23-8-11-4-2-1-3-5-11/h1-5,7,9-10H,6,8H2,(H,21,22)(H,23,24). The molecule has 0 bridgehead atoms. The molecule has 0 aliphatic heterocycles. The molecule has 0 saturated heterocycles. The lowest BCUT2D eigenvalue weighted by molar-refractivity contribution is 1.13. The maximum Gasteiger partial charge on any atom is 0.184 e. The van der Waals surface area contributed by atoms with E-state index in [1.807, 2.05) is 30.5 Å². The summed E-state index contributed by atoms with van der Waals surface area (Å²) in [6.07, 6.45) is 4.27. The number of H-pyrrole nitrogens is 1. The molecular weight excluding hydrogens is 375 g/mol. The Morgan fingerprint density at radius 1 is 1.16 bits per heavy atom. The number of pyridine rings is 1. The molecule has 4 nitrogen and oxygen atoms in total. The van der Waals surface area contributed by atoms with Gasteiger partial charge in [-0.05, 0) is 17.2 Å². The Bertz CT molecular complexity index is 1010. The zero-order chi connectivity index (χ0) is 17.2. The third-order valence-electron chi connectivity index (χ3n) is 3.87. The number of nitrogens with one attached hydrogen (secondary N) is 2. The van der Waals surface area contributed by atoms with Gasteiger partial charge in [-0.15, -0.1) is 11.3 Å². The second-order valence-electron chi connectivity index (χ2n) is 5.61. The van der Waals surface area contributed by atoms with Gasteiger partial charge < -0.3 is 10.3 Å². The number of aromatic amines is 1. The molecule has 0 radical (unpaired) electrons. The maximum atomic E-state index is 6.33. The van der Waals surface area contributed by atoms with Crippen LogP contribution in [0.25, 0.3) is 11.0 Å². The molecule has 126 valence electrons. The third-order valence-corrected chi connectivity index (χ3v) is 5.52. The molecule has 2 N–H and O–H groups in total. The monoisotopic (exact) mass is 388 g/mol. The SMILES string of the molecule is Clc1cnc2[nH]cc(Cc3sc(NCc4ccccc4)nc3Cl)c2c1. The van der Waals surface area contributed by atoms with Gasteiger partial charge in [-0.25, -0.2) is 9.97 Å². The summed E-state index contributed by atoms with van der Waals surface area (Å²) in [4.78, 5) is 12.9. The zero-order valence-electron chi connectivity index (χ0n) is 13.1. The predicted molar refractivity (Wildman–Crippen MR) is 105 cm³/mol. The second-order valence-corrected chi connectivity index (χ2v) is 7.49. The van der Waals surface area contributed by atoms with Crippen LogP contribution in [0.15, 0.2) is 48.8 Å². The van der Waals surface area contributed by atoms with Gasteiger partial charge in [0.2, 0.25) is 0 Å². The van der Waals surface area contributed by atoms with E-state index >= 15 is 0 Å². The summed E-state index contributed by atoms with van der Waals surface area (Å²) < 4.78 is 0. The number of hydrogen-bond acceptors (Lipinski definition) is 4. The quantitative estimate of drug-likeness (QED) is 0.472. The van der Waals surface area contributed by atoms with Gasteiger partial charge in [-0.1, -0.05) is 53.5 Å². The van der Waals surface area contributed by atoms with Crippen LogP contribution in [0.2, 0.25) is 10.2 Å². The lowest BCUT2D eigenvalue weighted by atomic mass is 10.1. The molecule has 0 amide bonds. The Hall–Kier alpha value is -2.08. The van der Waals surface area contributed by atoms with Crippen molar-refractivity contribution in [1.82, 2.24) is 15.0 Å². The topological polar surface area (TPSA) is 53.6 Å². The maximum absolute atomic E-state index is 6.33. The van der Waals surface area contributed by atoms with Crippen molar-refractivity contribution < 1.29 is 0 Å². The van der Waals surface area contributed by atoms with Gasteiger partial charge in [0.05, 0.1) is 9.90 Å². The molecule has 4 aromatic rings. The molecular formula is C18H14Cl2N4S. The number of hydrogen-bond donors (Lipinski definition) is 2. The van der Waals surface area contributed by atoms with Crippen molar-refractivity contribution in [3.8, 4) is 0 Å². The van der Waals surface area contributed by atoms with Gasteiger partial charge in [0, 0.05) is 30.7 Å². The van der Waals surface area contributed by atoms with Crippen LogP contribution in [-0.2, 0) is 13.0 Å². The second kappa shape index (κ2) is 7.04. The molecule has 1 aromatic carbocycles. The van der Waals surface area contributed by atoms with Gasteiger partial charge in [0.15, 0.2) is 5.13 Å². The van der Waals surface area contributed by atoms with Gasteiger partial charge in [-0.3, -0.25) is 0 Å². The van der Waals surface area contributed by atoms with Crippen molar-refractivity contribution in [2.45, 2.75) is 13.0 Å². The normalized spacial score (nSPS) is 11.1. The zero-order valence-corrected chi connectivity index (χ0v) is 15.4. The fraction of sp³-hybridized carbons (Fsp3) is 0.111. The van der Waals surface area contributed by atoms with E-state index in [1.165, 1.54) is 5.56 Å². The predicted octanol–water partition coefficient (Wildman–Crippen LogP) is 5.53. The van der Waals surface area contributed by atoms with Crippen molar-refractivity contribution in [3.63, 3.8) is 0 Å². The van der Waals surface area contributed by atoms with Crippen LogP contribution in [0.3, 0.4) is 0 Å². The Morgan fingerprint density at radius 2 is 2.00 bits per heavy atom. The molecule has 0 aliphatic carbocycles. The minimum atomic E-state index is 0.532. The van der Waals surface area contributed by atoms with E-state index in [-0.39, 0.29) is 0 Å². The number of fused-ring (bicyclic) bond motifs is 1. The summed E-state index contributed by atoms with van der Waals surface area (Å²) >= 11 is 14.0. The molecule has 4 rings (SSSR count). The van der Waals surface area contributed by atoms with Crippen LogP contribution in [0.4, 0.5) is 5.13 Å². The first kappa shape index (κ1) is 16.4. The Balaban J connectivity index is 1.53. The highest BCUT2D eigenvalue weighted by Crippen LogP contribution is 2.31. The van der Waals surface area contributed by atoms with Gasteiger partial charge in [0.1, 0.15) is 10.8 Å². The van der Waals surface area contributed by atoms with Gasteiger partial charge in [-0.2, -0.15) is 0 Å². The molecule has 0 spiro atoms. The van der Waals surface area contributed by atoms with Crippen molar-refractivity contribution in [2.75, 3.05) is 5.32 Å². The van der Waals surface area contributed by atoms with Crippen LogP contribution in [0, 0.1) is 0 Å². The molecule has 0 fully saturated rings. The summed E-state index contributed by atoms with van der Waals surface area (Å²) in [6, 6.07) is 12.1. The van der Waals surface area contributed by atoms with Crippen molar-refractivity contribution >= 4 is 50.7 Å². The minimum Gasteiger partial charge on any atom is -0.357 e. The minimum absolute atomic E-state index is 0.532. The summed E-state index contributed by atoms with van der Waals surface area (Å²) in [5.74, 6) is 0. The molecule has 7 heteroatoms. The average molecular weight is 389 g/mol. The first-order valence-electron chi connectivity index (χ1n) is 7.73. The first-order valence-corrected chi connectivity index (χ1v) is 9.31. The lowest BCUT2D eigenvalue weighted by Gasteiger charge is -2.01. The summed E-state index contributed by atoms with van der Waals surface area (Å²) in [5.41, 5.74) is 3.13. The number of thiazole rings is 1. The smallest absolute Gasteiger partial charge is 0.184 e. The summed E-state index contributed by atoms with van der Waals surface area (Å²) in [6.45, 7) is 0.719. The first-order chi connectivity index (χ1) is 12.2. The van der Waals surface area contributed by atoms with Crippen LogP contribution < -0.4 is 5.32 Å². The molecule has 0 aliphatic rings. The van der Waals surface area contributed by atoms with Crippen LogP contribution >= 0.6 is 34.5 Å². The largest absolute Gasteiger partial charge is 0.357 e. The Morgan fingerprint density at radius 3 is 2.84 bits per heavy atom. The van der Waals surface area contributed by atoms with E-state index in [9.17, 15) is 0 Å². The van der Waals surface area contributed by atoms with E-state index in [0.29, 0.717) is 16.6 Å². The van der Waals surface area contributed by atoms with Gasteiger partial charge in [0.25, 0.3) is 0 Å². The van der Waals surface area contributed by atoms with E-state index in [2.05, 4.69) is 32.4 Å². The third kappa shape index (κ3) is 3.63. The van der Waals surface area contributed by atoms with Crippen molar-refractivity contribution in [2.24, 2.45) is 0 Å². The Kier molecular flexibility index (Phi) is 4.61. The summed E-state index contributed by atoms with van der Waals surface area (Å²) in [7, 11) is 0. The number of rotatable bonds is 5. The highest BCUT2D eigenvalue weighted by molar-refractivity contribution is 7.16. The van der Waals surface area contributed by atoms with Crippen molar-refractivity contribution in [3.05, 3.63) is 75.0 Å². The van der Waals surface area contributed by atoms with E-state index < -0.39 is 0 Å². The molecule has 25 heavy (non-hydrogen) atoms. The molecule has 0 saturated carbocycles. The van der Waals surface area contributed by atoms with E-state index in [0.717, 1.165) is 33.2 Å². The lowest BCUT2D eigenvalue weighted by Crippen LogP contribution is -1.97. The highest BCUT2D eigenvalue weighted by atomic mass is 35.5. The molecule has 3 heterocycles. The van der Waals surface area contributed by atoms with Gasteiger partial charge >= 0.3 is 0 Å². The number of halogens is 2. The fourth-order valence-corrected chi connectivity index (χ4v) is 3.99. The van der Waals surface area contributed by atoms with E-state index in [4.69, 9.17) is 23.2 Å².